The summed E-state index contributed by atoms with van der Waals surface area (Å²) in [5.74, 6) is 0.0812. The van der Waals surface area contributed by atoms with Crippen LogP contribution in [-0.2, 0) is 14.0 Å². The van der Waals surface area contributed by atoms with E-state index in [4.69, 9.17) is 13.9 Å². The van der Waals surface area contributed by atoms with Crippen LogP contribution in [0.25, 0.3) is 11.0 Å². The van der Waals surface area contributed by atoms with E-state index in [2.05, 4.69) is 43.8 Å². The van der Waals surface area contributed by atoms with Gasteiger partial charge in [-0.3, -0.25) is 9.78 Å². The number of rotatable bonds is 7. The minimum Gasteiger partial charge on any atom is -0.481 e. The second-order valence-corrected chi connectivity index (χ2v) is 13.0. The molecule has 0 saturated heterocycles. The molecule has 2 aromatic rings. The molecule has 27 heavy (non-hydrogen) atoms. The second-order valence-electron chi connectivity index (χ2n) is 8.19. The highest BCUT2D eigenvalue weighted by Gasteiger charge is 2.38. The predicted molar refractivity (Wildman–Crippen MR) is 109 cm³/mol. The Balaban J connectivity index is 2.39. The minimum atomic E-state index is -1.94. The molecule has 0 aliphatic heterocycles. The average Bonchev–Trinajstić information content (AvgIpc) is 2.59. The van der Waals surface area contributed by atoms with Crippen molar-refractivity contribution in [3.05, 3.63) is 30.0 Å². The van der Waals surface area contributed by atoms with Crippen LogP contribution in [0.3, 0.4) is 0 Å². The molecule has 2 rings (SSSR count). The Labute approximate surface area is 162 Å². The van der Waals surface area contributed by atoms with Gasteiger partial charge < -0.3 is 13.9 Å². The summed E-state index contributed by atoms with van der Waals surface area (Å²) in [6.45, 7) is 13.1. The molecule has 0 spiro atoms. The first kappa shape index (κ1) is 21.3. The molecule has 1 unspecified atom stereocenters. The summed E-state index contributed by atoms with van der Waals surface area (Å²) in [5, 5.41) is 0.0980. The maximum atomic E-state index is 11.4. The first-order valence-electron chi connectivity index (χ1n) is 9.12. The number of esters is 1. The zero-order valence-electron chi connectivity index (χ0n) is 17.3. The highest BCUT2D eigenvalue weighted by Crippen LogP contribution is 2.37. The number of hydrogen-bond donors (Lipinski definition) is 0. The van der Waals surface area contributed by atoms with E-state index >= 15 is 0 Å². The van der Waals surface area contributed by atoms with Gasteiger partial charge in [-0.2, -0.15) is 0 Å². The molecule has 0 fully saturated rings. The van der Waals surface area contributed by atoms with Crippen molar-refractivity contribution >= 4 is 25.3 Å². The lowest BCUT2D eigenvalue weighted by Crippen LogP contribution is -2.42. The SMILES string of the molecule is COc1ccc2nccc(C(COC(C)=O)CO[Si](C)(C)C(C)(C)C)c2n1. The summed E-state index contributed by atoms with van der Waals surface area (Å²) in [7, 11) is -0.359. The van der Waals surface area contributed by atoms with Crippen LogP contribution < -0.4 is 4.74 Å². The van der Waals surface area contributed by atoms with Crippen LogP contribution >= 0.6 is 0 Å². The Morgan fingerprint density at radius 2 is 1.89 bits per heavy atom. The van der Waals surface area contributed by atoms with Gasteiger partial charge in [0.1, 0.15) is 6.61 Å². The molecule has 0 amide bonds. The normalized spacial score (nSPS) is 13.4. The van der Waals surface area contributed by atoms with Crippen LogP contribution in [-0.4, -0.2) is 44.6 Å². The van der Waals surface area contributed by atoms with Gasteiger partial charge in [0.25, 0.3) is 0 Å². The average molecular weight is 391 g/mol. The molecule has 2 heterocycles. The first-order valence-corrected chi connectivity index (χ1v) is 12.0. The molecule has 0 radical (unpaired) electrons. The molecule has 7 heteroatoms. The Morgan fingerprint density at radius 1 is 1.19 bits per heavy atom. The summed E-state index contributed by atoms with van der Waals surface area (Å²) in [6, 6.07) is 5.58. The smallest absolute Gasteiger partial charge is 0.302 e. The third-order valence-corrected chi connectivity index (χ3v) is 9.68. The molecular formula is C20H30N2O4Si. The molecular weight excluding hydrogens is 360 g/mol. The van der Waals surface area contributed by atoms with E-state index in [1.807, 2.05) is 12.1 Å². The zero-order valence-corrected chi connectivity index (χ0v) is 18.3. The lowest BCUT2D eigenvalue weighted by Gasteiger charge is -2.37. The molecule has 0 aliphatic carbocycles. The van der Waals surface area contributed by atoms with Gasteiger partial charge in [-0.1, -0.05) is 20.8 Å². The van der Waals surface area contributed by atoms with Crippen LogP contribution in [0.2, 0.25) is 18.1 Å². The fraction of sp³-hybridized carbons (Fsp3) is 0.550. The molecule has 1 atom stereocenters. The lowest BCUT2D eigenvalue weighted by atomic mass is 10.00. The standard InChI is InChI=1S/C20H30N2O4Si/c1-14(23)25-12-15(13-26-27(6,7)20(2,3)4)16-10-11-21-17-8-9-18(24-5)22-19(16)17/h8-11,15H,12-13H2,1-7H3. The van der Waals surface area contributed by atoms with E-state index in [1.54, 1.807) is 19.4 Å². The van der Waals surface area contributed by atoms with Gasteiger partial charge in [0.05, 0.1) is 18.1 Å². The number of aromatic nitrogens is 2. The van der Waals surface area contributed by atoms with Crippen molar-refractivity contribution in [1.29, 1.82) is 0 Å². The Kier molecular flexibility index (Phi) is 6.59. The largest absolute Gasteiger partial charge is 0.481 e. The number of fused-ring (bicyclic) bond motifs is 1. The number of hydrogen-bond acceptors (Lipinski definition) is 6. The lowest BCUT2D eigenvalue weighted by molar-refractivity contribution is -0.141. The summed E-state index contributed by atoms with van der Waals surface area (Å²) >= 11 is 0. The molecule has 2 aromatic heterocycles. The molecule has 0 aromatic carbocycles. The van der Waals surface area contributed by atoms with Crippen molar-refractivity contribution in [3.8, 4) is 5.88 Å². The molecule has 6 nitrogen and oxygen atoms in total. The predicted octanol–water partition coefficient (Wildman–Crippen LogP) is 4.31. The van der Waals surface area contributed by atoms with Crippen LogP contribution in [0.4, 0.5) is 0 Å². The number of pyridine rings is 2. The Morgan fingerprint density at radius 3 is 2.48 bits per heavy atom. The summed E-state index contributed by atoms with van der Waals surface area (Å²) in [4.78, 5) is 20.4. The minimum absolute atomic E-state index is 0.0980. The second kappa shape index (κ2) is 8.35. The van der Waals surface area contributed by atoms with Gasteiger partial charge in [-0.25, -0.2) is 4.98 Å². The van der Waals surface area contributed by atoms with E-state index in [0.29, 0.717) is 12.5 Å². The van der Waals surface area contributed by atoms with Crippen molar-refractivity contribution in [2.24, 2.45) is 0 Å². The van der Waals surface area contributed by atoms with Gasteiger partial charge in [-0.15, -0.1) is 0 Å². The monoisotopic (exact) mass is 390 g/mol. The number of nitrogens with zero attached hydrogens (tertiary/aromatic N) is 2. The number of ether oxygens (including phenoxy) is 2. The van der Waals surface area contributed by atoms with Gasteiger partial charge in [0.15, 0.2) is 8.32 Å². The third kappa shape index (κ3) is 5.26. The van der Waals surface area contributed by atoms with Crippen LogP contribution in [0.1, 0.15) is 39.2 Å². The van der Waals surface area contributed by atoms with Gasteiger partial charge >= 0.3 is 5.97 Å². The number of carbonyl (C=O) groups is 1. The molecule has 0 aliphatic rings. The van der Waals surface area contributed by atoms with Crippen LogP contribution in [0.15, 0.2) is 24.4 Å². The zero-order chi connectivity index (χ0) is 20.2. The van der Waals surface area contributed by atoms with Crippen LogP contribution in [0.5, 0.6) is 5.88 Å². The van der Waals surface area contributed by atoms with Crippen molar-refractivity contribution in [1.82, 2.24) is 9.97 Å². The van der Waals surface area contributed by atoms with Crippen molar-refractivity contribution < 1.29 is 18.7 Å². The van der Waals surface area contributed by atoms with Crippen LogP contribution in [0, 0.1) is 0 Å². The summed E-state index contributed by atoms with van der Waals surface area (Å²) in [5.41, 5.74) is 2.46. The highest BCUT2D eigenvalue weighted by molar-refractivity contribution is 6.74. The maximum Gasteiger partial charge on any atom is 0.302 e. The fourth-order valence-electron chi connectivity index (χ4n) is 2.44. The first-order chi connectivity index (χ1) is 12.5. The van der Waals surface area contributed by atoms with E-state index < -0.39 is 8.32 Å². The fourth-order valence-corrected chi connectivity index (χ4v) is 3.49. The highest BCUT2D eigenvalue weighted by atomic mass is 28.4. The van der Waals surface area contributed by atoms with Gasteiger partial charge in [-0.05, 0) is 35.8 Å². The maximum absolute atomic E-state index is 11.4. The van der Waals surface area contributed by atoms with Crippen molar-refractivity contribution in [3.63, 3.8) is 0 Å². The molecule has 148 valence electrons. The number of carbonyl (C=O) groups excluding carboxylic acids is 1. The van der Waals surface area contributed by atoms with Crippen molar-refractivity contribution in [2.45, 2.75) is 51.7 Å². The number of methoxy groups -OCH3 is 1. The van der Waals surface area contributed by atoms with E-state index in [-0.39, 0.29) is 23.5 Å². The topological polar surface area (TPSA) is 70.5 Å². The summed E-state index contributed by atoms with van der Waals surface area (Å²) in [6.07, 6.45) is 1.75. The van der Waals surface area contributed by atoms with E-state index in [9.17, 15) is 4.79 Å². The third-order valence-electron chi connectivity index (χ3n) is 5.18. The molecule has 0 saturated carbocycles. The van der Waals surface area contributed by atoms with E-state index in [1.165, 1.54) is 6.92 Å². The molecule has 0 N–H and O–H groups in total. The van der Waals surface area contributed by atoms with E-state index in [0.717, 1.165) is 16.6 Å². The molecule has 0 bridgehead atoms. The van der Waals surface area contributed by atoms with Gasteiger partial charge in [0.2, 0.25) is 5.88 Å². The quantitative estimate of drug-likeness (QED) is 0.518. The Bertz CT molecular complexity index is 802. The Hall–Kier alpha value is -1.99. The van der Waals surface area contributed by atoms with Gasteiger partial charge in [0, 0.05) is 31.7 Å². The van der Waals surface area contributed by atoms with Crippen molar-refractivity contribution in [2.75, 3.05) is 20.3 Å². The summed E-state index contributed by atoms with van der Waals surface area (Å²) < 4.78 is 17.0.